The average Bonchev–Trinajstić information content (AvgIpc) is 2.67. The third-order valence-corrected chi connectivity index (χ3v) is 6.09. The van der Waals surface area contributed by atoms with E-state index in [9.17, 15) is 10.1 Å². The van der Waals surface area contributed by atoms with Gasteiger partial charge in [-0.2, -0.15) is 5.26 Å². The molecule has 0 radical (unpaired) electrons. The summed E-state index contributed by atoms with van der Waals surface area (Å²) < 4.78 is 0. The maximum atomic E-state index is 12.7. The Bertz CT molecular complexity index is 1140. The number of carbonyl (C=O) groups is 1. The van der Waals surface area contributed by atoms with Crippen LogP contribution in [0, 0.1) is 25.2 Å². The maximum absolute atomic E-state index is 12.7. The van der Waals surface area contributed by atoms with Gasteiger partial charge in [-0.3, -0.25) is 4.79 Å². The van der Waals surface area contributed by atoms with Crippen molar-refractivity contribution in [1.82, 2.24) is 0 Å². The van der Waals surface area contributed by atoms with Crippen LogP contribution < -0.4 is 10.2 Å². The molecule has 0 saturated carbocycles. The fourth-order valence-electron chi connectivity index (χ4n) is 3.62. The third kappa shape index (κ3) is 4.13. The predicted molar refractivity (Wildman–Crippen MR) is 126 cm³/mol. The summed E-state index contributed by atoms with van der Waals surface area (Å²) in [6, 6.07) is 11.5. The Morgan fingerprint density at radius 1 is 1.17 bits per heavy atom. The van der Waals surface area contributed by atoms with Crippen molar-refractivity contribution in [3.63, 3.8) is 0 Å². The highest BCUT2D eigenvalue weighted by Gasteiger charge is 2.29. The minimum Gasteiger partial charge on any atom is -0.365 e. The van der Waals surface area contributed by atoms with E-state index in [1.165, 1.54) is 0 Å². The number of benzene rings is 2. The van der Waals surface area contributed by atoms with Crippen LogP contribution in [0.15, 0.2) is 42.0 Å². The number of hydrogen-bond donors (Lipinski definition) is 1. The summed E-state index contributed by atoms with van der Waals surface area (Å²) in [6.07, 6.45) is 3.75. The molecule has 0 unspecified atom stereocenters. The van der Waals surface area contributed by atoms with Gasteiger partial charge in [0.2, 0.25) is 0 Å². The molecule has 0 aliphatic carbocycles. The fraction of sp³-hybridized carbons (Fsp3) is 0.280. The molecule has 5 heteroatoms. The number of carbonyl (C=O) groups excluding carboxylic acids is 1. The average molecular weight is 420 g/mol. The Kier molecular flexibility index (Phi) is 5.78. The van der Waals surface area contributed by atoms with Crippen molar-refractivity contribution in [2.75, 3.05) is 17.3 Å². The number of hydrogen-bond acceptors (Lipinski definition) is 3. The zero-order valence-corrected chi connectivity index (χ0v) is 19.0. The van der Waals surface area contributed by atoms with Crippen molar-refractivity contribution in [1.29, 1.82) is 5.26 Å². The van der Waals surface area contributed by atoms with Crippen molar-refractivity contribution < 1.29 is 4.79 Å². The normalized spacial score (nSPS) is 15.2. The van der Waals surface area contributed by atoms with E-state index in [0.717, 1.165) is 28.0 Å². The number of allylic oxidation sites excluding steroid dienone is 1. The minimum absolute atomic E-state index is 0.00112. The van der Waals surface area contributed by atoms with Crippen molar-refractivity contribution in [2.24, 2.45) is 0 Å². The molecular weight excluding hydrogens is 394 g/mol. The van der Waals surface area contributed by atoms with Gasteiger partial charge in [0.25, 0.3) is 5.91 Å². The highest BCUT2D eigenvalue weighted by atomic mass is 35.5. The number of anilines is 2. The molecule has 0 atom stereocenters. The molecule has 1 heterocycles. The van der Waals surface area contributed by atoms with Crippen LogP contribution in [0.2, 0.25) is 5.02 Å². The SMILES string of the molecule is CC1=CC(C)(C)N(C)c2cc(Cl)c(/C=C(\C#N)C(=O)Nc3ccc(C)c(C)c3)cc21. The molecule has 2 aromatic rings. The van der Waals surface area contributed by atoms with Crippen LogP contribution in [0.3, 0.4) is 0 Å². The van der Waals surface area contributed by atoms with Gasteiger partial charge >= 0.3 is 0 Å². The number of rotatable bonds is 3. The molecule has 1 N–H and O–H groups in total. The largest absolute Gasteiger partial charge is 0.365 e. The topological polar surface area (TPSA) is 56.1 Å². The monoisotopic (exact) mass is 419 g/mol. The van der Waals surface area contributed by atoms with Gasteiger partial charge in [0, 0.05) is 29.0 Å². The van der Waals surface area contributed by atoms with Crippen LogP contribution in [0.25, 0.3) is 11.6 Å². The first-order chi connectivity index (χ1) is 14.0. The Balaban J connectivity index is 1.96. The second kappa shape index (κ2) is 8.01. The highest BCUT2D eigenvalue weighted by Crippen LogP contribution is 2.40. The second-order valence-electron chi connectivity index (χ2n) is 8.35. The molecule has 0 spiro atoms. The Morgan fingerprint density at radius 3 is 2.50 bits per heavy atom. The van der Waals surface area contributed by atoms with Gasteiger partial charge in [0.05, 0.1) is 5.54 Å². The smallest absolute Gasteiger partial charge is 0.266 e. The number of nitriles is 1. The number of halogens is 1. The summed E-state index contributed by atoms with van der Waals surface area (Å²) in [7, 11) is 2.03. The summed E-state index contributed by atoms with van der Waals surface area (Å²) in [6.45, 7) is 10.3. The first kappa shape index (κ1) is 21.7. The quantitative estimate of drug-likeness (QED) is 0.480. The molecule has 1 aliphatic heterocycles. The molecule has 0 saturated heterocycles. The van der Waals surface area contributed by atoms with Crippen LogP contribution in [0.4, 0.5) is 11.4 Å². The van der Waals surface area contributed by atoms with Gasteiger partial charge in [-0.15, -0.1) is 0 Å². The van der Waals surface area contributed by atoms with E-state index in [1.807, 2.05) is 57.3 Å². The van der Waals surface area contributed by atoms with Crippen molar-refractivity contribution in [3.8, 4) is 6.07 Å². The molecule has 1 amide bonds. The van der Waals surface area contributed by atoms with Crippen LogP contribution >= 0.6 is 11.6 Å². The van der Waals surface area contributed by atoms with Gasteiger partial charge in [-0.05, 0) is 87.2 Å². The van der Waals surface area contributed by atoms with Crippen molar-refractivity contribution in [2.45, 2.75) is 40.2 Å². The number of fused-ring (bicyclic) bond motifs is 1. The van der Waals surface area contributed by atoms with E-state index >= 15 is 0 Å². The summed E-state index contributed by atoms with van der Waals surface area (Å²) in [5, 5.41) is 12.9. The molecule has 2 aromatic carbocycles. The Morgan fingerprint density at radius 2 is 1.87 bits per heavy atom. The number of likely N-dealkylation sites (N-methyl/N-ethyl adjacent to an activating group) is 1. The molecule has 0 aromatic heterocycles. The van der Waals surface area contributed by atoms with Crippen molar-refractivity contribution in [3.05, 3.63) is 69.3 Å². The zero-order valence-electron chi connectivity index (χ0n) is 18.2. The summed E-state index contributed by atoms with van der Waals surface area (Å²) in [5.41, 5.74) is 6.59. The maximum Gasteiger partial charge on any atom is 0.266 e. The zero-order chi connectivity index (χ0) is 22.2. The van der Waals surface area contributed by atoms with Gasteiger partial charge in [-0.25, -0.2) is 0 Å². The molecular formula is C25H26ClN3O. The lowest BCUT2D eigenvalue weighted by Gasteiger charge is -2.40. The molecule has 3 rings (SSSR count). The molecule has 4 nitrogen and oxygen atoms in total. The molecule has 0 bridgehead atoms. The summed E-state index contributed by atoms with van der Waals surface area (Å²) >= 11 is 6.54. The van der Waals surface area contributed by atoms with E-state index in [1.54, 1.807) is 6.08 Å². The fourth-order valence-corrected chi connectivity index (χ4v) is 3.83. The van der Waals surface area contributed by atoms with Crippen LogP contribution in [0.1, 0.15) is 43.0 Å². The van der Waals surface area contributed by atoms with E-state index < -0.39 is 5.91 Å². The predicted octanol–water partition coefficient (Wildman–Crippen LogP) is 6.13. The first-order valence-corrected chi connectivity index (χ1v) is 10.2. The third-order valence-electron chi connectivity index (χ3n) is 5.77. The number of aryl methyl sites for hydroxylation is 2. The lowest BCUT2D eigenvalue weighted by molar-refractivity contribution is -0.112. The standard InChI is InChI=1S/C25H26ClN3O/c1-15-7-8-20(9-16(15)2)28-24(30)19(14-27)10-18-11-21-17(3)13-25(4,5)29(6)23(21)12-22(18)26/h7-13H,1-6H3,(H,28,30)/b19-10+. The number of nitrogens with one attached hydrogen (secondary N) is 1. The summed E-state index contributed by atoms with van der Waals surface area (Å²) in [4.78, 5) is 14.9. The molecule has 154 valence electrons. The number of nitrogens with zero attached hydrogens (tertiary/aromatic N) is 2. The van der Waals surface area contributed by atoms with Crippen LogP contribution in [0.5, 0.6) is 0 Å². The van der Waals surface area contributed by atoms with Gasteiger partial charge in [-0.1, -0.05) is 23.7 Å². The number of amides is 1. The van der Waals surface area contributed by atoms with E-state index in [-0.39, 0.29) is 11.1 Å². The van der Waals surface area contributed by atoms with E-state index in [2.05, 4.69) is 37.1 Å². The second-order valence-corrected chi connectivity index (χ2v) is 8.76. The first-order valence-electron chi connectivity index (χ1n) is 9.81. The Hall–Kier alpha value is -3.03. The van der Waals surface area contributed by atoms with Crippen LogP contribution in [-0.2, 0) is 4.79 Å². The van der Waals surface area contributed by atoms with Crippen LogP contribution in [-0.4, -0.2) is 18.5 Å². The lowest BCUT2D eigenvalue weighted by atomic mass is 9.88. The molecule has 30 heavy (non-hydrogen) atoms. The molecule has 1 aliphatic rings. The van der Waals surface area contributed by atoms with Crippen molar-refractivity contribution >= 4 is 40.5 Å². The summed E-state index contributed by atoms with van der Waals surface area (Å²) in [5.74, 6) is -0.458. The van der Waals surface area contributed by atoms with Gasteiger partial charge < -0.3 is 10.2 Å². The highest BCUT2D eigenvalue weighted by molar-refractivity contribution is 6.32. The molecule has 0 fully saturated rings. The minimum atomic E-state index is -0.458. The Labute approximate surface area is 183 Å². The lowest BCUT2D eigenvalue weighted by Crippen LogP contribution is -2.42. The van der Waals surface area contributed by atoms with E-state index in [4.69, 9.17) is 11.6 Å². The van der Waals surface area contributed by atoms with Gasteiger partial charge in [0.1, 0.15) is 11.6 Å². The van der Waals surface area contributed by atoms with E-state index in [0.29, 0.717) is 16.3 Å². The van der Waals surface area contributed by atoms with Gasteiger partial charge in [0.15, 0.2) is 0 Å².